The average molecular weight is 264 g/mol. The molecule has 1 saturated heterocycles. The zero-order valence-corrected chi connectivity index (χ0v) is 11.1. The lowest BCUT2D eigenvalue weighted by atomic mass is 9.90. The maximum absolute atomic E-state index is 12.0. The summed E-state index contributed by atoms with van der Waals surface area (Å²) >= 11 is 0. The standard InChI is InChI=1S/C14H16O5/c1-14(2)8-18-13(16)11(14)19-12(15)9-5-4-6-10(7-9)17-3/h4-7,11H,8H2,1-3H3/t11-/m0/s1. The van der Waals surface area contributed by atoms with Gasteiger partial charge in [-0.15, -0.1) is 0 Å². The van der Waals surface area contributed by atoms with Gasteiger partial charge in [0.15, 0.2) is 0 Å². The molecule has 1 aliphatic rings. The van der Waals surface area contributed by atoms with Crippen LogP contribution in [0.15, 0.2) is 24.3 Å². The summed E-state index contributed by atoms with van der Waals surface area (Å²) in [5.41, 5.74) is -0.166. The second-order valence-corrected chi connectivity index (χ2v) is 5.11. The highest BCUT2D eigenvalue weighted by molar-refractivity contribution is 5.92. The number of methoxy groups -OCH3 is 1. The summed E-state index contributed by atoms with van der Waals surface area (Å²) in [5, 5.41) is 0. The van der Waals surface area contributed by atoms with E-state index in [0.717, 1.165) is 0 Å². The fraction of sp³-hybridized carbons (Fsp3) is 0.429. The van der Waals surface area contributed by atoms with Crippen LogP contribution in [0, 0.1) is 5.41 Å². The maximum atomic E-state index is 12.0. The quantitative estimate of drug-likeness (QED) is 0.779. The summed E-state index contributed by atoms with van der Waals surface area (Å²) in [4.78, 5) is 23.6. The molecule has 0 spiro atoms. The van der Waals surface area contributed by atoms with Crippen molar-refractivity contribution in [3.8, 4) is 5.75 Å². The summed E-state index contributed by atoms with van der Waals surface area (Å²) in [7, 11) is 1.52. The van der Waals surface area contributed by atoms with E-state index in [0.29, 0.717) is 11.3 Å². The minimum Gasteiger partial charge on any atom is -0.497 e. The Balaban J connectivity index is 2.14. The predicted molar refractivity (Wildman–Crippen MR) is 66.9 cm³/mol. The molecule has 0 N–H and O–H groups in total. The SMILES string of the molecule is COc1cccc(C(=O)O[C@H]2C(=O)OCC2(C)C)c1. The van der Waals surface area contributed by atoms with Crippen molar-refractivity contribution in [2.75, 3.05) is 13.7 Å². The molecule has 0 radical (unpaired) electrons. The van der Waals surface area contributed by atoms with Crippen molar-refractivity contribution in [1.82, 2.24) is 0 Å². The zero-order chi connectivity index (χ0) is 14.0. The highest BCUT2D eigenvalue weighted by Crippen LogP contribution is 2.31. The molecule has 1 fully saturated rings. The molecule has 0 saturated carbocycles. The van der Waals surface area contributed by atoms with Gasteiger partial charge in [-0.05, 0) is 18.2 Å². The first kappa shape index (κ1) is 13.4. The van der Waals surface area contributed by atoms with Gasteiger partial charge in [-0.1, -0.05) is 19.9 Å². The molecule has 0 amide bonds. The third-order valence-corrected chi connectivity index (χ3v) is 3.04. The van der Waals surface area contributed by atoms with Crippen molar-refractivity contribution in [1.29, 1.82) is 0 Å². The van der Waals surface area contributed by atoms with E-state index in [1.165, 1.54) is 7.11 Å². The molecular formula is C14H16O5. The van der Waals surface area contributed by atoms with Crippen LogP contribution in [0.4, 0.5) is 0 Å². The number of carbonyl (C=O) groups is 2. The Morgan fingerprint density at radius 1 is 1.42 bits per heavy atom. The van der Waals surface area contributed by atoms with E-state index >= 15 is 0 Å². The van der Waals surface area contributed by atoms with Crippen LogP contribution < -0.4 is 4.74 Å². The summed E-state index contributed by atoms with van der Waals surface area (Å²) in [6, 6.07) is 6.59. The Morgan fingerprint density at radius 2 is 2.16 bits per heavy atom. The number of hydrogen-bond donors (Lipinski definition) is 0. The number of rotatable bonds is 3. The van der Waals surface area contributed by atoms with Crippen LogP contribution in [-0.2, 0) is 14.3 Å². The number of hydrogen-bond acceptors (Lipinski definition) is 5. The van der Waals surface area contributed by atoms with Crippen molar-refractivity contribution in [3.63, 3.8) is 0 Å². The smallest absolute Gasteiger partial charge is 0.348 e. The van der Waals surface area contributed by atoms with Gasteiger partial charge in [-0.3, -0.25) is 0 Å². The van der Waals surface area contributed by atoms with Gasteiger partial charge >= 0.3 is 11.9 Å². The van der Waals surface area contributed by atoms with Crippen molar-refractivity contribution < 1.29 is 23.8 Å². The van der Waals surface area contributed by atoms with Gasteiger partial charge in [0.1, 0.15) is 12.4 Å². The van der Waals surface area contributed by atoms with Crippen molar-refractivity contribution in [2.45, 2.75) is 20.0 Å². The van der Waals surface area contributed by atoms with Crippen LogP contribution in [0.3, 0.4) is 0 Å². The van der Waals surface area contributed by atoms with E-state index in [2.05, 4.69) is 0 Å². The normalized spacial score (nSPS) is 20.8. The Hall–Kier alpha value is -2.04. The molecule has 1 aromatic rings. The topological polar surface area (TPSA) is 61.8 Å². The Bertz CT molecular complexity index is 506. The number of carbonyl (C=O) groups excluding carboxylic acids is 2. The summed E-state index contributed by atoms with van der Waals surface area (Å²) in [6.07, 6.45) is -0.869. The van der Waals surface area contributed by atoms with Gasteiger partial charge < -0.3 is 14.2 Å². The lowest BCUT2D eigenvalue weighted by molar-refractivity contribution is -0.145. The predicted octanol–water partition coefficient (Wildman–Crippen LogP) is 1.80. The van der Waals surface area contributed by atoms with E-state index in [4.69, 9.17) is 14.2 Å². The lowest BCUT2D eigenvalue weighted by Crippen LogP contribution is -2.34. The first-order valence-corrected chi connectivity index (χ1v) is 5.96. The van der Waals surface area contributed by atoms with E-state index < -0.39 is 23.5 Å². The average Bonchev–Trinajstić information content (AvgIpc) is 2.65. The number of esters is 2. The van der Waals surface area contributed by atoms with Gasteiger partial charge in [0.25, 0.3) is 0 Å². The maximum Gasteiger partial charge on any atom is 0.348 e. The molecule has 0 unspecified atom stereocenters. The third kappa shape index (κ3) is 2.70. The van der Waals surface area contributed by atoms with Crippen LogP contribution in [-0.4, -0.2) is 31.8 Å². The fourth-order valence-electron chi connectivity index (χ4n) is 1.86. The first-order valence-electron chi connectivity index (χ1n) is 5.96. The van der Waals surface area contributed by atoms with E-state index in [1.807, 2.05) is 13.8 Å². The van der Waals surface area contributed by atoms with Gasteiger partial charge in [0.2, 0.25) is 6.10 Å². The van der Waals surface area contributed by atoms with Crippen molar-refractivity contribution in [3.05, 3.63) is 29.8 Å². The number of ether oxygens (including phenoxy) is 3. The van der Waals surface area contributed by atoms with E-state index in [9.17, 15) is 9.59 Å². The molecule has 0 aromatic heterocycles. The largest absolute Gasteiger partial charge is 0.497 e. The number of cyclic esters (lactones) is 1. The first-order chi connectivity index (χ1) is 8.94. The van der Waals surface area contributed by atoms with Gasteiger partial charge in [0.05, 0.1) is 12.7 Å². The minimum atomic E-state index is -0.869. The lowest BCUT2D eigenvalue weighted by Gasteiger charge is -2.21. The summed E-state index contributed by atoms with van der Waals surface area (Å²) in [6.45, 7) is 3.89. The van der Waals surface area contributed by atoms with Crippen molar-refractivity contribution in [2.24, 2.45) is 5.41 Å². The highest BCUT2D eigenvalue weighted by Gasteiger charge is 2.46. The Morgan fingerprint density at radius 3 is 2.74 bits per heavy atom. The molecule has 0 aliphatic carbocycles. The van der Waals surface area contributed by atoms with Gasteiger partial charge in [-0.2, -0.15) is 0 Å². The summed E-state index contributed by atoms with van der Waals surface area (Å²) in [5.74, 6) is -0.500. The monoisotopic (exact) mass is 264 g/mol. The molecular weight excluding hydrogens is 248 g/mol. The highest BCUT2D eigenvalue weighted by atomic mass is 16.6. The molecule has 102 valence electrons. The zero-order valence-electron chi connectivity index (χ0n) is 11.1. The molecule has 0 bridgehead atoms. The molecule has 5 heteroatoms. The fourth-order valence-corrected chi connectivity index (χ4v) is 1.86. The Kier molecular flexibility index (Phi) is 3.46. The molecule has 2 rings (SSSR count). The third-order valence-electron chi connectivity index (χ3n) is 3.04. The Labute approximate surface area is 111 Å². The van der Waals surface area contributed by atoms with Crippen LogP contribution in [0.25, 0.3) is 0 Å². The molecule has 19 heavy (non-hydrogen) atoms. The van der Waals surface area contributed by atoms with Crippen LogP contribution in [0.2, 0.25) is 0 Å². The second-order valence-electron chi connectivity index (χ2n) is 5.11. The van der Waals surface area contributed by atoms with Crippen LogP contribution >= 0.6 is 0 Å². The second kappa shape index (κ2) is 4.91. The van der Waals surface area contributed by atoms with E-state index in [1.54, 1.807) is 24.3 Å². The summed E-state index contributed by atoms with van der Waals surface area (Å²) < 4.78 is 15.2. The van der Waals surface area contributed by atoms with Crippen molar-refractivity contribution >= 4 is 11.9 Å². The molecule has 1 atom stereocenters. The van der Waals surface area contributed by atoms with Crippen LogP contribution in [0.1, 0.15) is 24.2 Å². The van der Waals surface area contributed by atoms with Crippen LogP contribution in [0.5, 0.6) is 5.75 Å². The number of benzene rings is 1. The molecule has 1 aromatic carbocycles. The molecule has 1 heterocycles. The molecule has 1 aliphatic heterocycles. The molecule has 5 nitrogen and oxygen atoms in total. The van der Waals surface area contributed by atoms with Gasteiger partial charge in [0, 0.05) is 5.41 Å². The van der Waals surface area contributed by atoms with E-state index in [-0.39, 0.29) is 6.61 Å². The van der Waals surface area contributed by atoms with Gasteiger partial charge in [-0.25, -0.2) is 9.59 Å². The minimum absolute atomic E-state index is 0.252.